The van der Waals surface area contributed by atoms with Crippen molar-refractivity contribution in [2.45, 2.75) is 13.3 Å². The van der Waals surface area contributed by atoms with Crippen molar-refractivity contribution in [3.05, 3.63) is 18.1 Å². The first-order valence-electron chi connectivity index (χ1n) is 5.10. The Morgan fingerprint density at radius 3 is 3.12 bits per heavy atom. The number of nitrogens with two attached hydrogens (primary N) is 1. The molecule has 1 aromatic heterocycles. The maximum atomic E-state index is 11.2. The molecule has 0 spiro atoms. The number of aromatic nitrogens is 2. The van der Waals surface area contributed by atoms with Gasteiger partial charge in [0.2, 0.25) is 11.8 Å². The van der Waals surface area contributed by atoms with Crippen LogP contribution in [0.2, 0.25) is 0 Å². The van der Waals surface area contributed by atoms with Gasteiger partial charge in [0.05, 0.1) is 13.0 Å². The Morgan fingerprint density at radius 1 is 1.62 bits per heavy atom. The Labute approximate surface area is 94.2 Å². The molecule has 0 aliphatic rings. The van der Waals surface area contributed by atoms with Crippen molar-refractivity contribution in [1.82, 2.24) is 15.3 Å². The van der Waals surface area contributed by atoms with Crippen molar-refractivity contribution in [2.75, 3.05) is 19.7 Å². The molecule has 1 rings (SSSR count). The van der Waals surface area contributed by atoms with Crippen LogP contribution >= 0.6 is 0 Å². The number of nitrogens with one attached hydrogen (secondary N) is 1. The number of carbonyl (C=O) groups excluding carboxylic acids is 1. The highest BCUT2D eigenvalue weighted by molar-refractivity contribution is 5.75. The fourth-order valence-corrected chi connectivity index (χ4v) is 1.08. The lowest BCUT2D eigenvalue weighted by molar-refractivity contribution is -0.121. The summed E-state index contributed by atoms with van der Waals surface area (Å²) >= 11 is 0. The fraction of sp³-hybridized carbons (Fsp3) is 0.500. The van der Waals surface area contributed by atoms with E-state index in [0.29, 0.717) is 32.0 Å². The average Bonchev–Trinajstić information content (AvgIpc) is 2.29. The van der Waals surface area contributed by atoms with Crippen LogP contribution in [0.5, 0.6) is 5.88 Å². The van der Waals surface area contributed by atoms with Crippen LogP contribution < -0.4 is 15.8 Å². The maximum Gasteiger partial charge on any atom is 0.223 e. The lowest BCUT2D eigenvalue weighted by atomic mass is 10.4. The highest BCUT2D eigenvalue weighted by Gasteiger charge is 2.03. The van der Waals surface area contributed by atoms with E-state index < -0.39 is 0 Å². The van der Waals surface area contributed by atoms with Crippen molar-refractivity contribution < 1.29 is 9.53 Å². The molecule has 0 aliphatic heterocycles. The van der Waals surface area contributed by atoms with E-state index in [1.54, 1.807) is 6.20 Å². The van der Waals surface area contributed by atoms with Gasteiger partial charge in [0, 0.05) is 24.8 Å². The molecule has 0 aliphatic carbocycles. The Bertz CT molecular complexity index is 343. The minimum absolute atomic E-state index is 0.0721. The van der Waals surface area contributed by atoms with E-state index >= 15 is 0 Å². The first kappa shape index (κ1) is 12.4. The first-order chi connectivity index (χ1) is 7.74. The van der Waals surface area contributed by atoms with E-state index in [0.717, 1.165) is 5.56 Å². The van der Waals surface area contributed by atoms with Crippen molar-refractivity contribution in [3.63, 3.8) is 0 Å². The van der Waals surface area contributed by atoms with E-state index in [1.807, 2.05) is 6.92 Å². The molecule has 0 saturated heterocycles. The van der Waals surface area contributed by atoms with Crippen molar-refractivity contribution in [1.29, 1.82) is 0 Å². The quantitative estimate of drug-likeness (QED) is 0.688. The molecule has 0 atom stereocenters. The zero-order chi connectivity index (χ0) is 11.8. The third-order valence-corrected chi connectivity index (χ3v) is 1.88. The van der Waals surface area contributed by atoms with Crippen LogP contribution in [0, 0.1) is 6.92 Å². The third kappa shape index (κ3) is 4.22. The molecule has 0 bridgehead atoms. The van der Waals surface area contributed by atoms with Crippen LogP contribution in [0.4, 0.5) is 0 Å². The summed E-state index contributed by atoms with van der Waals surface area (Å²) in [6.07, 6.45) is 3.37. The first-order valence-corrected chi connectivity index (χ1v) is 5.10. The number of aryl methyl sites for hydroxylation is 1. The van der Waals surface area contributed by atoms with Crippen LogP contribution in [-0.4, -0.2) is 35.6 Å². The molecule has 0 saturated carbocycles. The molecule has 1 amide bonds. The summed E-state index contributed by atoms with van der Waals surface area (Å²) in [7, 11) is 0. The highest BCUT2D eigenvalue weighted by atomic mass is 16.5. The summed E-state index contributed by atoms with van der Waals surface area (Å²) in [5.74, 6) is 0.443. The zero-order valence-electron chi connectivity index (χ0n) is 9.27. The van der Waals surface area contributed by atoms with Crippen LogP contribution in [0.1, 0.15) is 12.0 Å². The van der Waals surface area contributed by atoms with Gasteiger partial charge in [0.15, 0.2) is 0 Å². The van der Waals surface area contributed by atoms with E-state index in [-0.39, 0.29) is 5.91 Å². The predicted octanol–water partition coefficient (Wildman–Crippen LogP) is -0.371. The van der Waals surface area contributed by atoms with Gasteiger partial charge in [-0.2, -0.15) is 0 Å². The Kier molecular flexibility index (Phi) is 5.21. The summed E-state index contributed by atoms with van der Waals surface area (Å²) in [6, 6.07) is 0. The monoisotopic (exact) mass is 224 g/mol. The molecule has 3 N–H and O–H groups in total. The van der Waals surface area contributed by atoms with Crippen molar-refractivity contribution in [2.24, 2.45) is 5.73 Å². The molecule has 88 valence electrons. The number of carbonyl (C=O) groups is 1. The topological polar surface area (TPSA) is 90.1 Å². The third-order valence-electron chi connectivity index (χ3n) is 1.88. The summed E-state index contributed by atoms with van der Waals surface area (Å²) in [5.41, 5.74) is 6.11. The number of hydrogen-bond donors (Lipinski definition) is 2. The number of rotatable bonds is 6. The molecule has 1 aromatic rings. The van der Waals surface area contributed by atoms with Crippen LogP contribution in [0.25, 0.3) is 0 Å². The van der Waals surface area contributed by atoms with Crippen molar-refractivity contribution >= 4 is 5.91 Å². The van der Waals surface area contributed by atoms with Gasteiger partial charge in [-0.3, -0.25) is 4.79 Å². The molecule has 6 nitrogen and oxygen atoms in total. The second-order valence-electron chi connectivity index (χ2n) is 3.25. The summed E-state index contributed by atoms with van der Waals surface area (Å²) in [5, 5.41) is 2.66. The van der Waals surface area contributed by atoms with E-state index in [1.165, 1.54) is 6.33 Å². The molecule has 16 heavy (non-hydrogen) atoms. The number of hydrogen-bond acceptors (Lipinski definition) is 5. The predicted molar refractivity (Wildman–Crippen MR) is 58.9 cm³/mol. The van der Waals surface area contributed by atoms with Gasteiger partial charge < -0.3 is 15.8 Å². The van der Waals surface area contributed by atoms with Gasteiger partial charge >= 0.3 is 0 Å². The minimum Gasteiger partial charge on any atom is -0.477 e. The molecule has 6 heteroatoms. The normalized spacial score (nSPS) is 9.88. The lowest BCUT2D eigenvalue weighted by Crippen LogP contribution is -2.30. The zero-order valence-corrected chi connectivity index (χ0v) is 9.27. The standard InChI is InChI=1S/C10H16N4O2/c1-8-6-12-7-14-10(8)16-5-2-9(15)13-4-3-11/h6-7H,2-5,11H2,1H3,(H,13,15). The number of ether oxygens (including phenoxy) is 1. The molecule has 0 radical (unpaired) electrons. The Hall–Kier alpha value is -1.69. The molecular formula is C10H16N4O2. The second kappa shape index (κ2) is 6.73. The van der Waals surface area contributed by atoms with Crippen LogP contribution in [0.15, 0.2) is 12.5 Å². The van der Waals surface area contributed by atoms with Gasteiger partial charge in [0.1, 0.15) is 6.33 Å². The average molecular weight is 224 g/mol. The summed E-state index contributed by atoms with van der Waals surface area (Å²) in [4.78, 5) is 19.0. The number of amides is 1. The van der Waals surface area contributed by atoms with Gasteiger partial charge in [-0.25, -0.2) is 9.97 Å². The van der Waals surface area contributed by atoms with Crippen LogP contribution in [-0.2, 0) is 4.79 Å². The van der Waals surface area contributed by atoms with E-state index in [2.05, 4.69) is 15.3 Å². The smallest absolute Gasteiger partial charge is 0.223 e. The van der Waals surface area contributed by atoms with E-state index in [9.17, 15) is 4.79 Å². The summed E-state index contributed by atoms with van der Waals surface area (Å²) < 4.78 is 5.34. The van der Waals surface area contributed by atoms with Gasteiger partial charge in [-0.1, -0.05) is 0 Å². The summed E-state index contributed by atoms with van der Waals surface area (Å²) in [6.45, 7) is 3.08. The van der Waals surface area contributed by atoms with Gasteiger partial charge in [-0.05, 0) is 6.92 Å². The fourth-order valence-electron chi connectivity index (χ4n) is 1.08. The molecular weight excluding hydrogens is 208 g/mol. The molecule has 1 heterocycles. The van der Waals surface area contributed by atoms with Gasteiger partial charge in [-0.15, -0.1) is 0 Å². The molecule has 0 fully saturated rings. The van der Waals surface area contributed by atoms with Crippen LogP contribution in [0.3, 0.4) is 0 Å². The molecule has 0 aromatic carbocycles. The minimum atomic E-state index is -0.0721. The van der Waals surface area contributed by atoms with Gasteiger partial charge in [0.25, 0.3) is 0 Å². The van der Waals surface area contributed by atoms with E-state index in [4.69, 9.17) is 10.5 Å². The molecule has 0 unspecified atom stereocenters. The Morgan fingerprint density at radius 2 is 2.44 bits per heavy atom. The highest BCUT2D eigenvalue weighted by Crippen LogP contribution is 2.10. The largest absolute Gasteiger partial charge is 0.477 e. The van der Waals surface area contributed by atoms with Crippen molar-refractivity contribution in [3.8, 4) is 5.88 Å². The second-order valence-corrected chi connectivity index (χ2v) is 3.25. The SMILES string of the molecule is Cc1cncnc1OCCC(=O)NCCN. The maximum absolute atomic E-state index is 11.2. The number of nitrogens with zero attached hydrogens (tertiary/aromatic N) is 2. The lowest BCUT2D eigenvalue weighted by Gasteiger charge is -2.07. The Balaban J connectivity index is 2.25.